The van der Waals surface area contributed by atoms with Gasteiger partial charge in [-0.15, -0.1) is 0 Å². The van der Waals surface area contributed by atoms with Crippen molar-refractivity contribution >= 4 is 5.91 Å². The van der Waals surface area contributed by atoms with E-state index in [4.69, 9.17) is 14.2 Å². The third kappa shape index (κ3) is 4.87. The monoisotopic (exact) mass is 395 g/mol. The van der Waals surface area contributed by atoms with Crippen molar-refractivity contribution in [2.24, 2.45) is 7.05 Å². The smallest absolute Gasteiger partial charge is 0.261 e. The third-order valence-corrected chi connectivity index (χ3v) is 4.54. The number of hydrogen-bond acceptors (Lipinski definition) is 5. The first-order chi connectivity index (χ1) is 14.0. The van der Waals surface area contributed by atoms with Crippen molar-refractivity contribution < 1.29 is 19.0 Å². The zero-order chi connectivity index (χ0) is 20.8. The molecule has 2 aromatic carbocycles. The molecule has 0 saturated carbocycles. The summed E-state index contributed by atoms with van der Waals surface area (Å²) in [6, 6.07) is 14.2. The largest absolute Gasteiger partial charge is 0.497 e. The Hall–Kier alpha value is -3.48. The lowest BCUT2D eigenvalue weighted by Crippen LogP contribution is -2.39. The number of aromatic nitrogens is 2. The van der Waals surface area contributed by atoms with Gasteiger partial charge in [-0.1, -0.05) is 18.2 Å². The first kappa shape index (κ1) is 20.3. The van der Waals surface area contributed by atoms with Crippen LogP contribution in [0.5, 0.6) is 17.2 Å². The van der Waals surface area contributed by atoms with Crippen molar-refractivity contribution in [1.29, 1.82) is 0 Å². The molecule has 0 spiro atoms. The van der Waals surface area contributed by atoms with E-state index >= 15 is 0 Å². The van der Waals surface area contributed by atoms with Gasteiger partial charge in [0.25, 0.3) is 5.91 Å². The van der Waals surface area contributed by atoms with Gasteiger partial charge in [-0.3, -0.25) is 4.79 Å². The van der Waals surface area contributed by atoms with Crippen LogP contribution in [0.4, 0.5) is 0 Å². The third-order valence-electron chi connectivity index (χ3n) is 4.54. The molecule has 1 amide bonds. The van der Waals surface area contributed by atoms with Crippen LogP contribution in [-0.4, -0.2) is 35.8 Å². The lowest BCUT2D eigenvalue weighted by molar-refractivity contribution is -0.127. The summed E-state index contributed by atoms with van der Waals surface area (Å²) < 4.78 is 18.4. The fraction of sp³-hybridized carbons (Fsp3) is 0.273. The van der Waals surface area contributed by atoms with E-state index in [0.717, 1.165) is 5.56 Å². The molecule has 29 heavy (non-hydrogen) atoms. The maximum atomic E-state index is 12.9. The summed E-state index contributed by atoms with van der Waals surface area (Å²) in [4.78, 5) is 17.3. The van der Waals surface area contributed by atoms with Crippen molar-refractivity contribution in [3.8, 4) is 17.2 Å². The summed E-state index contributed by atoms with van der Waals surface area (Å²) in [6.07, 6.45) is 2.83. The van der Waals surface area contributed by atoms with Gasteiger partial charge in [0.2, 0.25) is 0 Å². The van der Waals surface area contributed by atoms with Crippen LogP contribution in [0.25, 0.3) is 0 Å². The quantitative estimate of drug-likeness (QED) is 0.634. The Morgan fingerprint density at radius 3 is 2.24 bits per heavy atom. The van der Waals surface area contributed by atoms with Gasteiger partial charge in [0, 0.05) is 25.5 Å². The van der Waals surface area contributed by atoms with Gasteiger partial charge >= 0.3 is 0 Å². The number of aryl methyl sites for hydroxylation is 1. The van der Waals surface area contributed by atoms with E-state index in [1.165, 1.54) is 0 Å². The molecule has 2 unspecified atom stereocenters. The standard InChI is InChI=1S/C22H25N3O4/c1-15(29-17-8-6-5-7-9-17)22(26)24-20(21-23-10-11-25(21)2)16-12-18(27-3)14-19(13-16)28-4/h5-15,20H,1-4H3,(H,24,26). The Labute approximate surface area is 170 Å². The second kappa shape index (κ2) is 9.14. The molecule has 0 saturated heterocycles. The number of carbonyl (C=O) groups excluding carboxylic acids is 1. The minimum atomic E-state index is -0.687. The Morgan fingerprint density at radius 2 is 1.69 bits per heavy atom. The van der Waals surface area contributed by atoms with E-state index in [1.54, 1.807) is 33.4 Å². The topological polar surface area (TPSA) is 74.6 Å². The Kier molecular flexibility index (Phi) is 6.39. The zero-order valence-electron chi connectivity index (χ0n) is 17.0. The Morgan fingerprint density at radius 1 is 1.03 bits per heavy atom. The van der Waals surface area contributed by atoms with Gasteiger partial charge in [-0.2, -0.15) is 0 Å². The molecule has 3 aromatic rings. The predicted octanol–water partition coefficient (Wildman–Crippen LogP) is 3.11. The van der Waals surface area contributed by atoms with Gasteiger partial charge in [-0.05, 0) is 36.8 Å². The predicted molar refractivity (Wildman–Crippen MR) is 109 cm³/mol. The van der Waals surface area contributed by atoms with Crippen LogP contribution in [-0.2, 0) is 11.8 Å². The lowest BCUT2D eigenvalue weighted by Gasteiger charge is -2.23. The molecular formula is C22H25N3O4. The van der Waals surface area contributed by atoms with Gasteiger partial charge in [0.1, 0.15) is 29.1 Å². The minimum absolute atomic E-state index is 0.261. The summed E-state index contributed by atoms with van der Waals surface area (Å²) in [7, 11) is 5.05. The van der Waals surface area contributed by atoms with Crippen LogP contribution in [0.15, 0.2) is 60.9 Å². The van der Waals surface area contributed by atoms with E-state index in [0.29, 0.717) is 23.1 Å². The molecule has 0 aliphatic rings. The molecule has 3 rings (SSSR count). The van der Waals surface area contributed by atoms with E-state index in [9.17, 15) is 4.79 Å². The van der Waals surface area contributed by atoms with E-state index in [-0.39, 0.29) is 5.91 Å². The van der Waals surface area contributed by atoms with Crippen molar-refractivity contribution in [3.05, 3.63) is 72.3 Å². The summed E-state index contributed by atoms with van der Waals surface area (Å²) in [5.74, 6) is 2.30. The molecule has 7 heteroatoms. The highest BCUT2D eigenvalue weighted by Crippen LogP contribution is 2.29. The van der Waals surface area contributed by atoms with Crippen molar-refractivity contribution in [2.45, 2.75) is 19.1 Å². The Balaban J connectivity index is 1.89. The zero-order valence-corrected chi connectivity index (χ0v) is 17.0. The first-order valence-corrected chi connectivity index (χ1v) is 9.24. The highest BCUT2D eigenvalue weighted by molar-refractivity contribution is 5.81. The second-order valence-electron chi connectivity index (χ2n) is 6.56. The molecule has 0 fully saturated rings. The number of imidazole rings is 1. The highest BCUT2D eigenvalue weighted by atomic mass is 16.5. The molecule has 2 atom stereocenters. The van der Waals surface area contributed by atoms with Gasteiger partial charge < -0.3 is 24.1 Å². The molecular weight excluding hydrogens is 370 g/mol. The molecule has 7 nitrogen and oxygen atoms in total. The first-order valence-electron chi connectivity index (χ1n) is 9.24. The number of methoxy groups -OCH3 is 2. The Bertz CT molecular complexity index is 933. The number of para-hydroxylation sites is 1. The number of nitrogens with one attached hydrogen (secondary N) is 1. The molecule has 0 aliphatic heterocycles. The summed E-state index contributed by atoms with van der Waals surface area (Å²) in [6.45, 7) is 1.71. The lowest BCUT2D eigenvalue weighted by atomic mass is 10.0. The van der Waals surface area contributed by atoms with Crippen LogP contribution in [0, 0.1) is 0 Å². The van der Waals surface area contributed by atoms with Crippen molar-refractivity contribution in [2.75, 3.05) is 14.2 Å². The van der Waals surface area contributed by atoms with Crippen LogP contribution in [0.3, 0.4) is 0 Å². The second-order valence-corrected chi connectivity index (χ2v) is 6.56. The van der Waals surface area contributed by atoms with Crippen molar-refractivity contribution in [3.63, 3.8) is 0 Å². The molecule has 152 valence electrons. The average molecular weight is 395 g/mol. The fourth-order valence-electron chi connectivity index (χ4n) is 2.96. The minimum Gasteiger partial charge on any atom is -0.497 e. The van der Waals surface area contributed by atoms with Gasteiger partial charge in [0.15, 0.2) is 6.10 Å². The SMILES string of the molecule is COc1cc(OC)cc(C(NC(=O)C(C)Oc2ccccc2)c2nccn2C)c1. The van der Waals surface area contributed by atoms with E-state index < -0.39 is 12.1 Å². The summed E-state index contributed by atoms with van der Waals surface area (Å²) in [5.41, 5.74) is 0.788. The fourth-order valence-corrected chi connectivity index (χ4v) is 2.96. The number of ether oxygens (including phenoxy) is 3. The number of nitrogens with zero attached hydrogens (tertiary/aromatic N) is 2. The summed E-state index contributed by atoms with van der Waals surface area (Å²) in [5, 5.41) is 3.04. The van der Waals surface area contributed by atoms with Crippen LogP contribution < -0.4 is 19.5 Å². The molecule has 1 N–H and O–H groups in total. The van der Waals surface area contributed by atoms with Crippen LogP contribution >= 0.6 is 0 Å². The highest BCUT2D eigenvalue weighted by Gasteiger charge is 2.25. The number of benzene rings is 2. The number of rotatable bonds is 8. The number of amides is 1. The molecule has 0 bridgehead atoms. The molecule has 1 aromatic heterocycles. The van der Waals surface area contributed by atoms with E-state index in [1.807, 2.05) is 60.3 Å². The average Bonchev–Trinajstić information content (AvgIpc) is 3.17. The molecule has 0 aliphatic carbocycles. The van der Waals surface area contributed by atoms with Gasteiger partial charge in [-0.25, -0.2) is 4.98 Å². The summed E-state index contributed by atoms with van der Waals surface area (Å²) >= 11 is 0. The molecule has 1 heterocycles. The van der Waals surface area contributed by atoms with Crippen molar-refractivity contribution in [1.82, 2.24) is 14.9 Å². The normalized spacial score (nSPS) is 12.7. The maximum absolute atomic E-state index is 12.9. The maximum Gasteiger partial charge on any atom is 0.261 e. The van der Waals surface area contributed by atoms with Gasteiger partial charge in [0.05, 0.1) is 14.2 Å². The number of carbonyl (C=O) groups is 1. The molecule has 0 radical (unpaired) electrons. The number of hydrogen-bond donors (Lipinski definition) is 1. The van der Waals surface area contributed by atoms with Crippen LogP contribution in [0.2, 0.25) is 0 Å². The van der Waals surface area contributed by atoms with Crippen LogP contribution in [0.1, 0.15) is 24.4 Å². The van der Waals surface area contributed by atoms with E-state index in [2.05, 4.69) is 10.3 Å².